The molecule has 2 aliphatic rings. The van der Waals surface area contributed by atoms with E-state index in [9.17, 15) is 14.7 Å². The van der Waals surface area contributed by atoms with Gasteiger partial charge in [-0.25, -0.2) is 4.79 Å². The van der Waals surface area contributed by atoms with Gasteiger partial charge in [-0.15, -0.1) is 0 Å². The monoisotopic (exact) mass is 588 g/mol. The van der Waals surface area contributed by atoms with Crippen molar-refractivity contribution in [3.63, 3.8) is 0 Å². The molecule has 0 spiro atoms. The molecule has 4 N–H and O–H groups in total. The van der Waals surface area contributed by atoms with E-state index in [2.05, 4.69) is 51.8 Å². The highest BCUT2D eigenvalue weighted by Gasteiger charge is 2.36. The number of hydrogen-bond acceptors (Lipinski definition) is 8. The van der Waals surface area contributed by atoms with Gasteiger partial charge in [-0.1, -0.05) is 32.0 Å². The first-order valence-corrected chi connectivity index (χ1v) is 15.0. The number of benzene rings is 1. The van der Waals surface area contributed by atoms with Gasteiger partial charge in [0.2, 0.25) is 5.95 Å². The van der Waals surface area contributed by atoms with Crippen LogP contribution in [0.1, 0.15) is 81.6 Å². The van der Waals surface area contributed by atoms with Crippen LogP contribution in [0.5, 0.6) is 0 Å². The number of nitrogens with two attached hydrogens (primary N) is 1. The lowest BCUT2D eigenvalue weighted by Crippen LogP contribution is -2.39. The highest BCUT2D eigenvalue weighted by Crippen LogP contribution is 2.45. The average Bonchev–Trinajstić information content (AvgIpc) is 2.90. The van der Waals surface area contributed by atoms with E-state index in [1.54, 1.807) is 0 Å². The fraction of sp³-hybridized carbons (Fsp3) is 0.515. The van der Waals surface area contributed by atoms with Crippen molar-refractivity contribution in [2.45, 2.75) is 86.0 Å². The lowest BCUT2D eigenvalue weighted by molar-refractivity contribution is -0.160. The Labute approximate surface area is 253 Å². The second-order valence-electron chi connectivity index (χ2n) is 13.7. The third-order valence-corrected chi connectivity index (χ3v) is 8.55. The van der Waals surface area contributed by atoms with Gasteiger partial charge in [0.05, 0.1) is 11.3 Å². The number of aryl methyl sites for hydroxylation is 2. The zero-order chi connectivity index (χ0) is 31.3. The van der Waals surface area contributed by atoms with Gasteiger partial charge in [-0.3, -0.25) is 14.8 Å². The molecule has 2 aromatic heterocycles. The first-order chi connectivity index (χ1) is 20.1. The number of piperidine rings is 1. The van der Waals surface area contributed by atoms with Crippen LogP contribution in [0.2, 0.25) is 0 Å². The first-order valence-electron chi connectivity index (χ1n) is 15.0. The molecule has 4 heterocycles. The lowest BCUT2D eigenvalue weighted by Gasteiger charge is -2.41. The van der Waals surface area contributed by atoms with Gasteiger partial charge in [0.1, 0.15) is 5.82 Å². The Balaban J connectivity index is 1.62. The van der Waals surface area contributed by atoms with Crippen molar-refractivity contribution in [2.75, 3.05) is 35.2 Å². The predicted octanol–water partition coefficient (Wildman–Crippen LogP) is 5.16. The second-order valence-corrected chi connectivity index (χ2v) is 13.7. The molecule has 10 nitrogen and oxygen atoms in total. The minimum atomic E-state index is -1.16. The first kappa shape index (κ1) is 30.5. The summed E-state index contributed by atoms with van der Waals surface area (Å²) in [5.41, 5.74) is 12.5. The summed E-state index contributed by atoms with van der Waals surface area (Å²) in [6.07, 6.45) is 1.62. The maximum atomic E-state index is 12.8. The SMILES string of the molecule is Cc1nc(C)c(C(OC(C)(C)C)C(=O)O)c(N2CCC(C)(C)CC2)c1-c1ccc2c(c1)CCN(c1cc(=O)[nH]c(N)n1)C2. The molecule has 2 aliphatic heterocycles. The number of aromatic amines is 1. The Hall–Kier alpha value is -3.92. The molecule has 43 heavy (non-hydrogen) atoms. The van der Waals surface area contributed by atoms with E-state index < -0.39 is 17.7 Å². The lowest BCUT2D eigenvalue weighted by atomic mass is 9.81. The van der Waals surface area contributed by atoms with Crippen LogP contribution in [-0.4, -0.2) is 51.3 Å². The van der Waals surface area contributed by atoms with Crippen molar-refractivity contribution in [3.8, 4) is 11.1 Å². The molecule has 0 aliphatic carbocycles. The highest BCUT2D eigenvalue weighted by molar-refractivity contribution is 5.88. The second kappa shape index (κ2) is 11.3. The number of pyridine rings is 1. The number of anilines is 3. The van der Waals surface area contributed by atoms with Crippen LogP contribution in [0.25, 0.3) is 11.1 Å². The summed E-state index contributed by atoms with van der Waals surface area (Å²) in [4.78, 5) is 40.9. The van der Waals surface area contributed by atoms with Crippen molar-refractivity contribution >= 4 is 23.4 Å². The molecule has 0 amide bonds. The number of nitrogen functional groups attached to an aromatic ring is 1. The van der Waals surface area contributed by atoms with Gasteiger partial charge in [-0.2, -0.15) is 4.98 Å². The highest BCUT2D eigenvalue weighted by atomic mass is 16.5. The fourth-order valence-corrected chi connectivity index (χ4v) is 6.28. The number of aromatic nitrogens is 3. The maximum absolute atomic E-state index is 12.8. The summed E-state index contributed by atoms with van der Waals surface area (Å²) in [5, 5.41) is 10.5. The summed E-state index contributed by atoms with van der Waals surface area (Å²) < 4.78 is 6.22. The molecule has 1 saturated heterocycles. The molecule has 0 radical (unpaired) electrons. The van der Waals surface area contributed by atoms with Crippen LogP contribution < -0.4 is 21.1 Å². The van der Waals surface area contributed by atoms with Gasteiger partial charge in [0.15, 0.2) is 6.10 Å². The van der Waals surface area contributed by atoms with Gasteiger partial charge in [-0.05, 0) is 76.0 Å². The number of ether oxygens (including phenoxy) is 1. The van der Waals surface area contributed by atoms with Crippen LogP contribution in [0.4, 0.5) is 17.5 Å². The van der Waals surface area contributed by atoms with E-state index in [0.29, 0.717) is 30.2 Å². The maximum Gasteiger partial charge on any atom is 0.337 e. The van der Waals surface area contributed by atoms with Crippen LogP contribution in [0, 0.1) is 19.3 Å². The number of nitrogens with one attached hydrogen (secondary N) is 1. The third-order valence-electron chi connectivity index (χ3n) is 8.55. The Kier molecular flexibility index (Phi) is 8.02. The molecule has 10 heteroatoms. The van der Waals surface area contributed by atoms with E-state index in [1.807, 2.05) is 34.6 Å². The van der Waals surface area contributed by atoms with Crippen molar-refractivity contribution in [3.05, 3.63) is 62.7 Å². The molecule has 0 saturated carbocycles. The number of carbonyl (C=O) groups is 1. The van der Waals surface area contributed by atoms with Crippen LogP contribution in [-0.2, 0) is 22.5 Å². The minimum Gasteiger partial charge on any atom is -0.479 e. The van der Waals surface area contributed by atoms with Gasteiger partial charge < -0.3 is 25.4 Å². The molecule has 1 unspecified atom stereocenters. The van der Waals surface area contributed by atoms with E-state index in [4.69, 9.17) is 15.5 Å². The summed E-state index contributed by atoms with van der Waals surface area (Å²) >= 11 is 0. The summed E-state index contributed by atoms with van der Waals surface area (Å²) in [5.74, 6) is -0.355. The number of nitrogens with zero attached hydrogens (tertiary/aromatic N) is 4. The largest absolute Gasteiger partial charge is 0.479 e. The zero-order valence-electron chi connectivity index (χ0n) is 26.4. The smallest absolute Gasteiger partial charge is 0.337 e. The number of carboxylic acid groups (broad SMARTS) is 1. The van der Waals surface area contributed by atoms with Crippen molar-refractivity contribution in [1.82, 2.24) is 15.0 Å². The van der Waals surface area contributed by atoms with Crippen LogP contribution in [0.15, 0.2) is 29.1 Å². The predicted molar refractivity (Wildman–Crippen MR) is 170 cm³/mol. The molecule has 230 valence electrons. The number of carboxylic acids is 1. The number of H-pyrrole nitrogens is 1. The Morgan fingerprint density at radius 1 is 1.05 bits per heavy atom. The van der Waals surface area contributed by atoms with E-state index >= 15 is 0 Å². The number of rotatable bonds is 6. The van der Waals surface area contributed by atoms with Crippen LogP contribution in [0.3, 0.4) is 0 Å². The number of fused-ring (bicyclic) bond motifs is 1. The van der Waals surface area contributed by atoms with Gasteiger partial charge in [0.25, 0.3) is 5.56 Å². The minimum absolute atomic E-state index is 0.102. The van der Waals surface area contributed by atoms with Crippen LogP contribution >= 0.6 is 0 Å². The number of aliphatic carboxylic acids is 1. The van der Waals surface area contributed by atoms with Crippen molar-refractivity contribution in [1.29, 1.82) is 0 Å². The zero-order valence-corrected chi connectivity index (χ0v) is 26.4. The quantitative estimate of drug-likeness (QED) is 0.356. The average molecular weight is 589 g/mol. The molecular weight excluding hydrogens is 544 g/mol. The summed E-state index contributed by atoms with van der Waals surface area (Å²) in [6.45, 7) is 17.1. The fourth-order valence-electron chi connectivity index (χ4n) is 6.28. The van der Waals surface area contributed by atoms with E-state index in [1.165, 1.54) is 11.6 Å². The third kappa shape index (κ3) is 6.54. The topological polar surface area (TPSA) is 138 Å². The molecule has 1 aromatic carbocycles. The molecule has 5 rings (SSSR count). The van der Waals surface area contributed by atoms with E-state index in [-0.39, 0.29) is 16.9 Å². The molecule has 0 bridgehead atoms. The summed E-state index contributed by atoms with van der Waals surface area (Å²) in [7, 11) is 0. The molecule has 3 aromatic rings. The Morgan fingerprint density at radius 2 is 1.74 bits per heavy atom. The van der Waals surface area contributed by atoms with E-state index in [0.717, 1.165) is 60.4 Å². The molecule has 1 atom stereocenters. The standard InChI is InChI=1S/C33H44N6O4/c1-19-26(22-8-9-23-18-39(13-10-21(23)16-22)24-17-25(40)37-31(34)36-24)28(38-14-11-33(6,7)12-15-38)27(20(2)35-19)29(30(41)42)43-32(3,4)5/h8-9,16-17,29H,10-15,18H2,1-7H3,(H,41,42)(H3,34,36,37,40). The Morgan fingerprint density at radius 3 is 2.37 bits per heavy atom. The molecular formula is C33H44N6O4. The molecule has 1 fully saturated rings. The van der Waals surface area contributed by atoms with Crippen molar-refractivity contribution < 1.29 is 14.6 Å². The summed E-state index contributed by atoms with van der Waals surface area (Å²) in [6, 6.07) is 7.91. The van der Waals surface area contributed by atoms with Gasteiger partial charge >= 0.3 is 5.97 Å². The number of hydrogen-bond donors (Lipinski definition) is 3. The van der Waals surface area contributed by atoms with Crippen molar-refractivity contribution in [2.24, 2.45) is 5.41 Å². The van der Waals surface area contributed by atoms with Gasteiger partial charge in [0, 0.05) is 54.8 Å². The normalized spacial score (nSPS) is 17.5. The Bertz CT molecular complexity index is 1600.